The molecular weight excluding hydrogens is 316 g/mol. The van der Waals surface area contributed by atoms with E-state index in [0.29, 0.717) is 0 Å². The van der Waals surface area contributed by atoms with Crippen molar-refractivity contribution in [1.29, 1.82) is 0 Å². The molecule has 0 atom stereocenters. The van der Waals surface area contributed by atoms with Gasteiger partial charge in [-0.15, -0.1) is 11.8 Å². The molecular formula is C20H32N2OS. The van der Waals surface area contributed by atoms with Gasteiger partial charge in [0.25, 0.3) is 0 Å². The van der Waals surface area contributed by atoms with Gasteiger partial charge >= 0.3 is 0 Å². The van der Waals surface area contributed by atoms with Gasteiger partial charge in [-0.05, 0) is 50.3 Å². The highest BCUT2D eigenvalue weighted by Gasteiger charge is 2.08. The lowest BCUT2D eigenvalue weighted by Gasteiger charge is -2.26. The predicted molar refractivity (Wildman–Crippen MR) is 107 cm³/mol. The second-order valence-corrected chi connectivity index (χ2v) is 6.83. The van der Waals surface area contributed by atoms with Crippen molar-refractivity contribution in [2.45, 2.75) is 24.7 Å². The van der Waals surface area contributed by atoms with E-state index in [-0.39, 0.29) is 0 Å². The Morgan fingerprint density at radius 1 is 1.25 bits per heavy atom. The minimum absolute atomic E-state index is 0.915. The molecule has 1 N–H and O–H groups in total. The van der Waals surface area contributed by atoms with Crippen LogP contribution in [0, 0.1) is 0 Å². The van der Waals surface area contributed by atoms with E-state index in [1.807, 2.05) is 31.8 Å². The van der Waals surface area contributed by atoms with E-state index in [1.54, 1.807) is 6.08 Å². The van der Waals surface area contributed by atoms with E-state index in [2.05, 4.69) is 47.1 Å². The van der Waals surface area contributed by atoms with Crippen LogP contribution in [0.1, 0.15) is 19.8 Å². The van der Waals surface area contributed by atoms with Gasteiger partial charge in [-0.2, -0.15) is 0 Å². The first-order chi connectivity index (χ1) is 11.8. The minimum atomic E-state index is 0.915. The summed E-state index contributed by atoms with van der Waals surface area (Å²) >= 11 is 1.96. The van der Waals surface area contributed by atoms with Crippen molar-refractivity contribution in [2.75, 3.05) is 45.6 Å². The SMILES string of the molecule is C=C/C=C(\C)NC.c1ccc(SCCCCN2CCOCC2)cc1. The van der Waals surface area contributed by atoms with Gasteiger partial charge in [0.2, 0.25) is 0 Å². The highest BCUT2D eigenvalue weighted by Crippen LogP contribution is 2.18. The van der Waals surface area contributed by atoms with Gasteiger partial charge in [-0.25, -0.2) is 0 Å². The van der Waals surface area contributed by atoms with Crippen LogP contribution in [-0.2, 0) is 4.74 Å². The average molecular weight is 349 g/mol. The monoisotopic (exact) mass is 348 g/mol. The van der Waals surface area contributed by atoms with Gasteiger partial charge in [0.05, 0.1) is 13.2 Å². The molecule has 1 aliphatic rings. The Morgan fingerprint density at radius 2 is 1.96 bits per heavy atom. The highest BCUT2D eigenvalue weighted by atomic mass is 32.2. The molecule has 0 unspecified atom stereocenters. The second kappa shape index (κ2) is 14.1. The molecule has 1 fully saturated rings. The van der Waals surface area contributed by atoms with E-state index in [0.717, 1.165) is 32.0 Å². The van der Waals surface area contributed by atoms with E-state index in [9.17, 15) is 0 Å². The maximum Gasteiger partial charge on any atom is 0.0594 e. The molecule has 1 aromatic carbocycles. The van der Waals surface area contributed by atoms with Crippen molar-refractivity contribution >= 4 is 11.8 Å². The summed E-state index contributed by atoms with van der Waals surface area (Å²) in [7, 11) is 1.88. The van der Waals surface area contributed by atoms with Gasteiger partial charge in [-0.3, -0.25) is 4.90 Å². The molecule has 1 heterocycles. The smallest absolute Gasteiger partial charge is 0.0594 e. The summed E-state index contributed by atoms with van der Waals surface area (Å²) in [5.74, 6) is 1.23. The normalized spacial score (nSPS) is 15.3. The Labute approximate surface area is 152 Å². The summed E-state index contributed by atoms with van der Waals surface area (Å²) in [6, 6.07) is 10.7. The Morgan fingerprint density at radius 3 is 2.54 bits per heavy atom. The molecule has 0 spiro atoms. The van der Waals surface area contributed by atoms with Gasteiger partial charge < -0.3 is 10.1 Å². The third-order valence-corrected chi connectivity index (χ3v) is 4.84. The number of benzene rings is 1. The maximum absolute atomic E-state index is 5.34. The Bertz CT molecular complexity index is 456. The van der Waals surface area contributed by atoms with Crippen LogP contribution in [0.15, 0.2) is 59.7 Å². The standard InChI is InChI=1S/C14H21NOS.C6H11N/c1-2-6-14(7-3-1)17-13-5-4-8-15-9-11-16-12-10-15;1-4-5-6(2)7-3/h1-3,6-7H,4-5,8-13H2;4-5,7H,1H2,2-3H3/b;6-5+. The molecule has 134 valence electrons. The van der Waals surface area contributed by atoms with Crippen molar-refractivity contribution in [3.05, 3.63) is 54.8 Å². The lowest BCUT2D eigenvalue weighted by Crippen LogP contribution is -2.36. The molecule has 4 heteroatoms. The summed E-state index contributed by atoms with van der Waals surface area (Å²) in [4.78, 5) is 3.90. The fourth-order valence-electron chi connectivity index (χ4n) is 2.23. The summed E-state index contributed by atoms with van der Waals surface area (Å²) in [5.41, 5.74) is 1.13. The zero-order valence-corrected chi connectivity index (χ0v) is 16.0. The van der Waals surface area contributed by atoms with E-state index >= 15 is 0 Å². The molecule has 0 saturated carbocycles. The fraction of sp³-hybridized carbons (Fsp3) is 0.500. The number of hydrogen-bond donors (Lipinski definition) is 1. The summed E-state index contributed by atoms with van der Waals surface area (Å²) in [6.45, 7) is 10.8. The van der Waals surface area contributed by atoms with E-state index in [4.69, 9.17) is 4.74 Å². The van der Waals surface area contributed by atoms with Gasteiger partial charge in [0.1, 0.15) is 0 Å². The number of allylic oxidation sites excluding steroid dienone is 3. The molecule has 0 bridgehead atoms. The molecule has 1 aliphatic heterocycles. The second-order valence-electron chi connectivity index (χ2n) is 5.66. The summed E-state index contributed by atoms with van der Waals surface area (Å²) in [6.07, 6.45) is 6.28. The number of rotatable bonds is 8. The van der Waals surface area contributed by atoms with Crippen molar-refractivity contribution < 1.29 is 4.74 Å². The lowest BCUT2D eigenvalue weighted by molar-refractivity contribution is 0.0374. The van der Waals surface area contributed by atoms with Gasteiger partial charge in [0.15, 0.2) is 0 Å². The van der Waals surface area contributed by atoms with Crippen molar-refractivity contribution in [1.82, 2.24) is 10.2 Å². The van der Waals surface area contributed by atoms with Crippen LogP contribution in [0.3, 0.4) is 0 Å². The Hall–Kier alpha value is -1.23. The van der Waals surface area contributed by atoms with Crippen LogP contribution in [-0.4, -0.2) is 50.5 Å². The Balaban J connectivity index is 0.000000351. The number of hydrogen-bond acceptors (Lipinski definition) is 4. The predicted octanol–water partition coefficient (Wildman–Crippen LogP) is 4.19. The van der Waals surface area contributed by atoms with Crippen LogP contribution in [0.25, 0.3) is 0 Å². The number of nitrogens with zero attached hydrogens (tertiary/aromatic N) is 1. The summed E-state index contributed by atoms with van der Waals surface area (Å²) < 4.78 is 5.34. The molecule has 0 aromatic heterocycles. The first-order valence-electron chi connectivity index (χ1n) is 8.71. The topological polar surface area (TPSA) is 24.5 Å². The number of nitrogens with one attached hydrogen (secondary N) is 1. The van der Waals surface area contributed by atoms with Crippen molar-refractivity contribution in [3.63, 3.8) is 0 Å². The highest BCUT2D eigenvalue weighted by molar-refractivity contribution is 7.99. The van der Waals surface area contributed by atoms with E-state index < -0.39 is 0 Å². The first kappa shape index (κ1) is 20.8. The van der Waals surface area contributed by atoms with Gasteiger partial charge in [-0.1, -0.05) is 30.9 Å². The van der Waals surface area contributed by atoms with Gasteiger partial charge in [0, 0.05) is 30.7 Å². The van der Waals surface area contributed by atoms with Crippen molar-refractivity contribution in [3.8, 4) is 0 Å². The van der Waals surface area contributed by atoms with Crippen LogP contribution in [0.2, 0.25) is 0 Å². The molecule has 1 saturated heterocycles. The fourth-order valence-corrected chi connectivity index (χ4v) is 3.16. The zero-order chi connectivity index (χ0) is 17.5. The van der Waals surface area contributed by atoms with Crippen molar-refractivity contribution in [2.24, 2.45) is 0 Å². The van der Waals surface area contributed by atoms with Crippen LogP contribution < -0.4 is 5.32 Å². The number of unbranched alkanes of at least 4 members (excludes halogenated alkanes) is 1. The van der Waals surface area contributed by atoms with E-state index in [1.165, 1.54) is 30.0 Å². The maximum atomic E-state index is 5.34. The molecule has 0 aliphatic carbocycles. The third-order valence-electron chi connectivity index (χ3n) is 3.75. The molecule has 24 heavy (non-hydrogen) atoms. The molecule has 2 rings (SSSR count). The molecule has 0 radical (unpaired) electrons. The Kier molecular flexibility index (Phi) is 12.3. The zero-order valence-electron chi connectivity index (χ0n) is 15.2. The lowest BCUT2D eigenvalue weighted by atomic mass is 10.3. The third kappa shape index (κ3) is 10.5. The van der Waals surface area contributed by atoms with Crippen LogP contribution >= 0.6 is 11.8 Å². The number of thioether (sulfide) groups is 1. The quantitative estimate of drug-likeness (QED) is 0.432. The molecule has 0 amide bonds. The largest absolute Gasteiger partial charge is 0.392 e. The molecule has 3 nitrogen and oxygen atoms in total. The average Bonchev–Trinajstić information content (AvgIpc) is 2.64. The number of morpholine rings is 1. The van der Waals surface area contributed by atoms with Crippen LogP contribution in [0.5, 0.6) is 0 Å². The molecule has 1 aromatic rings. The first-order valence-corrected chi connectivity index (χ1v) is 9.70. The van der Waals surface area contributed by atoms with Crippen LogP contribution in [0.4, 0.5) is 0 Å². The number of ether oxygens (including phenoxy) is 1. The minimum Gasteiger partial charge on any atom is -0.392 e. The summed E-state index contributed by atoms with van der Waals surface area (Å²) in [5, 5.41) is 2.96.